The molecule has 1 heterocycles. The van der Waals surface area contributed by atoms with Crippen molar-refractivity contribution in [1.82, 2.24) is 10.2 Å². The Bertz CT molecular complexity index is 438. The van der Waals surface area contributed by atoms with Gasteiger partial charge in [0.25, 0.3) is 0 Å². The molecule has 86 valence electrons. The van der Waals surface area contributed by atoms with Gasteiger partial charge in [0.2, 0.25) is 11.0 Å². The molecule has 0 saturated heterocycles. The summed E-state index contributed by atoms with van der Waals surface area (Å²) in [6.07, 6.45) is 2.27. The number of carbonyl (C=O) groups is 1. The number of amides is 1. The second-order valence-corrected chi connectivity index (χ2v) is 5.26. The number of aryl methyl sites for hydroxylation is 1. The molecule has 1 saturated carbocycles. The molecule has 0 spiro atoms. The van der Waals surface area contributed by atoms with Gasteiger partial charge < -0.3 is 5.73 Å². The van der Waals surface area contributed by atoms with Crippen molar-refractivity contribution in [3.05, 3.63) is 5.01 Å². The summed E-state index contributed by atoms with van der Waals surface area (Å²) >= 11 is 6.28. The molecule has 5 nitrogen and oxygen atoms in total. The van der Waals surface area contributed by atoms with Crippen molar-refractivity contribution in [3.63, 3.8) is 0 Å². The average Bonchev–Trinajstić information content (AvgIpc) is 2.95. The smallest absolute Gasteiger partial charge is 0.239 e. The van der Waals surface area contributed by atoms with Crippen LogP contribution in [0.3, 0.4) is 0 Å². The Balaban J connectivity index is 2.05. The lowest BCUT2D eigenvalue weighted by atomic mass is 10.1. The van der Waals surface area contributed by atoms with E-state index in [9.17, 15) is 4.79 Å². The van der Waals surface area contributed by atoms with Gasteiger partial charge in [0.05, 0.1) is 10.4 Å². The summed E-state index contributed by atoms with van der Waals surface area (Å²) in [7, 11) is 0. The number of nitrogens with zero attached hydrogens (tertiary/aromatic N) is 2. The number of nitrogens with two attached hydrogens (primary N) is 1. The molecule has 1 amide bonds. The third-order valence-corrected chi connectivity index (χ3v) is 4.02. The number of anilines is 1. The van der Waals surface area contributed by atoms with E-state index in [0.717, 1.165) is 24.3 Å². The predicted octanol–water partition coefficient (Wildman–Crippen LogP) is 1.11. The summed E-state index contributed by atoms with van der Waals surface area (Å²) in [5.74, 6) is -0.154. The van der Waals surface area contributed by atoms with E-state index in [1.807, 2.05) is 6.92 Å². The molecule has 0 radical (unpaired) electrons. The Morgan fingerprint density at radius 1 is 1.62 bits per heavy atom. The van der Waals surface area contributed by atoms with Gasteiger partial charge in [-0.3, -0.25) is 10.1 Å². The summed E-state index contributed by atoms with van der Waals surface area (Å²) in [5, 5.41) is 11.9. The molecule has 3 N–H and O–H groups in total. The van der Waals surface area contributed by atoms with E-state index in [4.69, 9.17) is 18.0 Å². The topological polar surface area (TPSA) is 80.9 Å². The molecule has 0 atom stereocenters. The highest BCUT2D eigenvalue weighted by atomic mass is 32.1. The van der Waals surface area contributed by atoms with E-state index >= 15 is 0 Å². The predicted molar refractivity (Wildman–Crippen MR) is 66.4 cm³/mol. The minimum atomic E-state index is -0.632. The molecule has 7 heteroatoms. The monoisotopic (exact) mass is 256 g/mol. The van der Waals surface area contributed by atoms with Crippen LogP contribution in [-0.4, -0.2) is 21.1 Å². The number of hydrogen-bond donors (Lipinski definition) is 2. The largest absolute Gasteiger partial charge is 0.392 e. The summed E-state index contributed by atoms with van der Waals surface area (Å²) in [6.45, 7) is 1.99. The lowest BCUT2D eigenvalue weighted by Gasteiger charge is -2.11. The summed E-state index contributed by atoms with van der Waals surface area (Å²) < 4.78 is 0. The Morgan fingerprint density at radius 2 is 2.31 bits per heavy atom. The quantitative estimate of drug-likeness (QED) is 0.789. The van der Waals surface area contributed by atoms with Gasteiger partial charge in [-0.25, -0.2) is 0 Å². The number of aromatic nitrogens is 2. The van der Waals surface area contributed by atoms with E-state index in [-0.39, 0.29) is 10.9 Å². The van der Waals surface area contributed by atoms with Crippen LogP contribution < -0.4 is 11.1 Å². The normalized spacial score (nSPS) is 16.8. The second-order valence-electron chi connectivity index (χ2n) is 3.75. The fourth-order valence-electron chi connectivity index (χ4n) is 1.37. The van der Waals surface area contributed by atoms with Gasteiger partial charge in [0.15, 0.2) is 0 Å². The van der Waals surface area contributed by atoms with Gasteiger partial charge >= 0.3 is 0 Å². The SMILES string of the molecule is CCc1nnc(NC(=O)C2(C(N)=S)CC2)s1. The highest BCUT2D eigenvalue weighted by Crippen LogP contribution is 2.46. The number of nitrogens with one attached hydrogen (secondary N) is 1. The zero-order valence-electron chi connectivity index (χ0n) is 8.82. The maximum atomic E-state index is 11.9. The lowest BCUT2D eigenvalue weighted by molar-refractivity contribution is -0.118. The number of hydrogen-bond acceptors (Lipinski definition) is 5. The van der Waals surface area contributed by atoms with E-state index < -0.39 is 5.41 Å². The van der Waals surface area contributed by atoms with Crippen LogP contribution in [0.15, 0.2) is 0 Å². The molecule has 2 rings (SSSR count). The van der Waals surface area contributed by atoms with Crippen molar-refractivity contribution >= 4 is 39.6 Å². The molecule has 1 aliphatic rings. The van der Waals surface area contributed by atoms with Gasteiger partial charge in [-0.2, -0.15) is 0 Å². The number of rotatable bonds is 4. The molecular formula is C9H12N4OS2. The van der Waals surface area contributed by atoms with Crippen LogP contribution in [0.5, 0.6) is 0 Å². The molecular weight excluding hydrogens is 244 g/mol. The molecule has 0 aliphatic heterocycles. The van der Waals surface area contributed by atoms with Crippen molar-refractivity contribution < 1.29 is 4.79 Å². The first kappa shape index (κ1) is 11.4. The van der Waals surface area contributed by atoms with Crippen LogP contribution in [0.25, 0.3) is 0 Å². The molecule has 0 unspecified atom stereocenters. The van der Waals surface area contributed by atoms with E-state index in [1.165, 1.54) is 11.3 Å². The molecule has 1 aromatic heterocycles. The Hall–Kier alpha value is -1.08. The Labute approximate surface area is 102 Å². The Kier molecular flexibility index (Phi) is 2.90. The van der Waals surface area contributed by atoms with Gasteiger partial charge in [-0.05, 0) is 19.3 Å². The molecule has 1 fully saturated rings. The van der Waals surface area contributed by atoms with E-state index in [0.29, 0.717) is 5.13 Å². The Morgan fingerprint density at radius 3 is 2.75 bits per heavy atom. The van der Waals surface area contributed by atoms with Gasteiger partial charge in [-0.15, -0.1) is 10.2 Å². The maximum absolute atomic E-state index is 11.9. The van der Waals surface area contributed by atoms with Gasteiger partial charge in [0.1, 0.15) is 5.01 Å². The van der Waals surface area contributed by atoms with Crippen molar-refractivity contribution in [3.8, 4) is 0 Å². The fraction of sp³-hybridized carbons (Fsp3) is 0.556. The zero-order valence-corrected chi connectivity index (χ0v) is 10.5. The fourth-order valence-corrected chi connectivity index (χ4v) is 2.35. The molecule has 0 aromatic carbocycles. The summed E-state index contributed by atoms with van der Waals surface area (Å²) in [4.78, 5) is 12.2. The minimum absolute atomic E-state index is 0.154. The average molecular weight is 256 g/mol. The first-order chi connectivity index (χ1) is 7.58. The highest BCUT2D eigenvalue weighted by Gasteiger charge is 2.52. The minimum Gasteiger partial charge on any atom is -0.392 e. The summed E-state index contributed by atoms with van der Waals surface area (Å²) in [6, 6.07) is 0. The van der Waals surface area contributed by atoms with Gasteiger partial charge in [0, 0.05) is 0 Å². The number of carbonyl (C=O) groups excluding carboxylic acids is 1. The van der Waals surface area contributed by atoms with Crippen molar-refractivity contribution in [2.45, 2.75) is 26.2 Å². The van der Waals surface area contributed by atoms with Crippen LogP contribution >= 0.6 is 23.6 Å². The van der Waals surface area contributed by atoms with Crippen molar-refractivity contribution in [2.75, 3.05) is 5.32 Å². The summed E-state index contributed by atoms with van der Waals surface area (Å²) in [5.41, 5.74) is 4.93. The standard InChI is InChI=1S/C9H12N4OS2/c1-2-5-12-13-8(16-5)11-7(14)9(3-4-9)6(10)15/h2-4H2,1H3,(H2,10,15)(H,11,13,14). The van der Waals surface area contributed by atoms with Crippen LogP contribution in [0.2, 0.25) is 0 Å². The van der Waals surface area contributed by atoms with Crippen LogP contribution in [-0.2, 0) is 11.2 Å². The van der Waals surface area contributed by atoms with Gasteiger partial charge in [-0.1, -0.05) is 30.5 Å². The van der Waals surface area contributed by atoms with Crippen LogP contribution in [0.1, 0.15) is 24.8 Å². The van der Waals surface area contributed by atoms with Crippen molar-refractivity contribution in [1.29, 1.82) is 0 Å². The third-order valence-electron chi connectivity index (χ3n) is 2.65. The van der Waals surface area contributed by atoms with E-state index in [2.05, 4.69) is 15.5 Å². The molecule has 0 bridgehead atoms. The molecule has 1 aromatic rings. The van der Waals surface area contributed by atoms with Crippen molar-refractivity contribution in [2.24, 2.45) is 11.1 Å². The maximum Gasteiger partial charge on any atom is 0.239 e. The molecule has 16 heavy (non-hydrogen) atoms. The third kappa shape index (κ3) is 1.92. The van der Waals surface area contributed by atoms with Crippen LogP contribution in [0.4, 0.5) is 5.13 Å². The van der Waals surface area contributed by atoms with E-state index in [1.54, 1.807) is 0 Å². The lowest BCUT2D eigenvalue weighted by Crippen LogP contribution is -2.34. The molecule has 1 aliphatic carbocycles. The van der Waals surface area contributed by atoms with Crippen LogP contribution in [0, 0.1) is 5.41 Å². The second kappa shape index (κ2) is 4.06. The first-order valence-electron chi connectivity index (χ1n) is 5.02. The zero-order chi connectivity index (χ0) is 11.8. The first-order valence-corrected chi connectivity index (χ1v) is 6.24. The highest BCUT2D eigenvalue weighted by molar-refractivity contribution is 7.80. The number of thiocarbonyl (C=S) groups is 1.